The number of nitrogens with zero attached hydrogens (tertiary/aromatic N) is 4. The Hall–Kier alpha value is -4.30. The number of aromatic nitrogens is 5. The Morgan fingerprint density at radius 1 is 0.735 bits per heavy atom. The zero-order valence-corrected chi connectivity index (χ0v) is 18.0. The van der Waals surface area contributed by atoms with Crippen LogP contribution < -0.4 is 5.32 Å². The molecule has 0 unspecified atom stereocenters. The quantitative estimate of drug-likeness (QED) is 0.355. The highest BCUT2D eigenvalue weighted by Crippen LogP contribution is 2.33. The molecule has 0 saturated carbocycles. The molecule has 5 rings (SSSR count). The van der Waals surface area contributed by atoms with Crippen LogP contribution in [0.5, 0.6) is 0 Å². The minimum atomic E-state index is -0.839. The normalized spacial score (nSPS) is 11.0. The zero-order chi connectivity index (χ0) is 23.3. The van der Waals surface area contributed by atoms with E-state index in [9.17, 15) is 8.78 Å². The Labute approximate surface area is 194 Å². The van der Waals surface area contributed by atoms with Crippen molar-refractivity contribution in [1.82, 2.24) is 30.9 Å². The molecule has 0 aliphatic carbocycles. The summed E-state index contributed by atoms with van der Waals surface area (Å²) < 4.78 is 26.5. The van der Waals surface area contributed by atoms with E-state index in [0.29, 0.717) is 24.5 Å². The lowest BCUT2D eigenvalue weighted by atomic mass is 9.97. The molecule has 0 saturated heterocycles. The third kappa shape index (κ3) is 4.72. The van der Waals surface area contributed by atoms with Crippen LogP contribution in [0.1, 0.15) is 11.1 Å². The first-order chi connectivity index (χ1) is 16.7. The predicted octanol–water partition coefficient (Wildman–Crippen LogP) is 5.16. The SMILES string of the molecule is Fc1ccc(CNCc2ccc(-c3ncc(-c4nnn[nH]4)cc3-c3ccccc3)cc2)cc1F. The van der Waals surface area contributed by atoms with Gasteiger partial charge in [-0.1, -0.05) is 60.7 Å². The largest absolute Gasteiger partial charge is 0.309 e. The average molecular weight is 454 g/mol. The minimum Gasteiger partial charge on any atom is -0.309 e. The van der Waals surface area contributed by atoms with E-state index in [2.05, 4.69) is 25.9 Å². The molecular weight excluding hydrogens is 434 g/mol. The Kier molecular flexibility index (Phi) is 6.13. The van der Waals surface area contributed by atoms with E-state index in [0.717, 1.165) is 39.6 Å². The molecule has 5 aromatic rings. The van der Waals surface area contributed by atoms with Crippen LogP contribution in [0.4, 0.5) is 8.78 Å². The standard InChI is InChI=1S/C26H20F2N6/c27-23-11-8-18(12-24(23)28)15-29-14-17-6-9-20(10-7-17)25-22(19-4-2-1-3-5-19)13-21(16-30-25)26-31-33-34-32-26/h1-13,16,29H,14-15H2,(H,31,32,33,34). The Morgan fingerprint density at radius 3 is 2.24 bits per heavy atom. The van der Waals surface area contributed by atoms with Crippen molar-refractivity contribution < 1.29 is 8.78 Å². The summed E-state index contributed by atoms with van der Waals surface area (Å²) >= 11 is 0. The Morgan fingerprint density at radius 2 is 1.50 bits per heavy atom. The smallest absolute Gasteiger partial charge is 0.180 e. The molecule has 0 bridgehead atoms. The number of pyridine rings is 1. The van der Waals surface area contributed by atoms with Crippen LogP contribution in [-0.2, 0) is 13.1 Å². The number of halogens is 2. The monoisotopic (exact) mass is 454 g/mol. The molecule has 2 N–H and O–H groups in total. The van der Waals surface area contributed by atoms with E-state index in [1.807, 2.05) is 60.7 Å². The first-order valence-electron chi connectivity index (χ1n) is 10.7. The summed E-state index contributed by atoms with van der Waals surface area (Å²) in [6.45, 7) is 1.03. The van der Waals surface area contributed by atoms with Gasteiger partial charge in [-0.25, -0.2) is 13.9 Å². The summed E-state index contributed by atoms with van der Waals surface area (Å²) in [5.74, 6) is -1.12. The number of rotatable bonds is 7. The third-order valence-electron chi connectivity index (χ3n) is 5.46. The van der Waals surface area contributed by atoms with E-state index in [1.54, 1.807) is 12.3 Å². The number of aromatic amines is 1. The van der Waals surface area contributed by atoms with Crippen LogP contribution in [-0.4, -0.2) is 25.6 Å². The van der Waals surface area contributed by atoms with Crippen molar-refractivity contribution in [2.75, 3.05) is 0 Å². The van der Waals surface area contributed by atoms with Crippen LogP contribution in [0, 0.1) is 11.6 Å². The molecule has 2 aromatic heterocycles. The molecule has 0 spiro atoms. The van der Waals surface area contributed by atoms with Gasteiger partial charge < -0.3 is 5.32 Å². The fourth-order valence-corrected chi connectivity index (χ4v) is 3.72. The second-order valence-electron chi connectivity index (χ2n) is 7.78. The van der Waals surface area contributed by atoms with Gasteiger partial charge in [0.25, 0.3) is 0 Å². The molecule has 0 fully saturated rings. The summed E-state index contributed by atoms with van der Waals surface area (Å²) in [7, 11) is 0. The van der Waals surface area contributed by atoms with E-state index < -0.39 is 11.6 Å². The summed E-state index contributed by atoms with van der Waals surface area (Å²) in [6.07, 6.45) is 1.75. The number of H-pyrrole nitrogens is 1. The molecule has 0 atom stereocenters. The van der Waals surface area contributed by atoms with E-state index >= 15 is 0 Å². The third-order valence-corrected chi connectivity index (χ3v) is 5.46. The molecule has 34 heavy (non-hydrogen) atoms. The minimum absolute atomic E-state index is 0.441. The molecule has 168 valence electrons. The lowest BCUT2D eigenvalue weighted by Crippen LogP contribution is -2.12. The van der Waals surface area contributed by atoms with Crippen LogP contribution >= 0.6 is 0 Å². The van der Waals surface area contributed by atoms with Crippen molar-refractivity contribution in [1.29, 1.82) is 0 Å². The summed E-state index contributed by atoms with van der Waals surface area (Å²) in [4.78, 5) is 4.73. The molecule has 0 radical (unpaired) electrons. The maximum absolute atomic E-state index is 13.4. The van der Waals surface area contributed by atoms with Gasteiger partial charge in [-0.3, -0.25) is 4.98 Å². The van der Waals surface area contributed by atoms with Gasteiger partial charge in [0.2, 0.25) is 0 Å². The number of nitrogens with one attached hydrogen (secondary N) is 2. The number of hydrogen-bond donors (Lipinski definition) is 2. The molecule has 3 aromatic carbocycles. The maximum Gasteiger partial charge on any atom is 0.180 e. The average Bonchev–Trinajstić information content (AvgIpc) is 3.42. The predicted molar refractivity (Wildman–Crippen MR) is 125 cm³/mol. The lowest BCUT2D eigenvalue weighted by Gasteiger charge is -2.12. The first-order valence-corrected chi connectivity index (χ1v) is 10.7. The number of hydrogen-bond acceptors (Lipinski definition) is 5. The molecule has 2 heterocycles. The summed E-state index contributed by atoms with van der Waals surface area (Å²) in [5.41, 5.74) is 6.39. The molecule has 0 amide bonds. The zero-order valence-electron chi connectivity index (χ0n) is 18.0. The highest BCUT2D eigenvalue weighted by Gasteiger charge is 2.13. The second-order valence-corrected chi connectivity index (χ2v) is 7.78. The number of benzene rings is 3. The van der Waals surface area contributed by atoms with E-state index in [1.165, 1.54) is 6.07 Å². The summed E-state index contributed by atoms with van der Waals surface area (Å²) in [6, 6.07) is 24.1. The van der Waals surface area contributed by atoms with Crippen LogP contribution in [0.25, 0.3) is 33.8 Å². The van der Waals surface area contributed by atoms with Crippen molar-refractivity contribution in [3.63, 3.8) is 0 Å². The van der Waals surface area contributed by atoms with Crippen molar-refractivity contribution in [2.45, 2.75) is 13.1 Å². The Bertz CT molecular complexity index is 1390. The van der Waals surface area contributed by atoms with Gasteiger partial charge in [-0.15, -0.1) is 5.10 Å². The fraction of sp³-hybridized carbons (Fsp3) is 0.0769. The van der Waals surface area contributed by atoms with Gasteiger partial charge in [0, 0.05) is 36.0 Å². The van der Waals surface area contributed by atoms with Gasteiger partial charge >= 0.3 is 0 Å². The first kappa shape index (κ1) is 21.5. The van der Waals surface area contributed by atoms with Gasteiger partial charge in [-0.2, -0.15) is 0 Å². The Balaban J connectivity index is 1.36. The summed E-state index contributed by atoms with van der Waals surface area (Å²) in [5, 5.41) is 17.3. The highest BCUT2D eigenvalue weighted by atomic mass is 19.2. The van der Waals surface area contributed by atoms with Crippen LogP contribution in [0.3, 0.4) is 0 Å². The topological polar surface area (TPSA) is 79.4 Å². The van der Waals surface area contributed by atoms with Crippen LogP contribution in [0.2, 0.25) is 0 Å². The molecular formula is C26H20F2N6. The van der Waals surface area contributed by atoms with Crippen LogP contribution in [0.15, 0.2) is 85.1 Å². The van der Waals surface area contributed by atoms with Gasteiger partial charge in [-0.05, 0) is 45.3 Å². The fourth-order valence-electron chi connectivity index (χ4n) is 3.72. The van der Waals surface area contributed by atoms with Gasteiger partial charge in [0.15, 0.2) is 17.5 Å². The highest BCUT2D eigenvalue weighted by molar-refractivity contribution is 5.83. The molecule has 0 aliphatic rings. The van der Waals surface area contributed by atoms with E-state index in [4.69, 9.17) is 4.98 Å². The molecule has 8 heteroatoms. The van der Waals surface area contributed by atoms with Crippen molar-refractivity contribution in [2.24, 2.45) is 0 Å². The van der Waals surface area contributed by atoms with Crippen molar-refractivity contribution >= 4 is 0 Å². The lowest BCUT2D eigenvalue weighted by molar-refractivity contribution is 0.506. The van der Waals surface area contributed by atoms with Crippen molar-refractivity contribution in [3.8, 4) is 33.8 Å². The van der Waals surface area contributed by atoms with Crippen molar-refractivity contribution in [3.05, 3.63) is 108 Å². The van der Waals surface area contributed by atoms with E-state index in [-0.39, 0.29) is 0 Å². The number of tetrazole rings is 1. The molecule has 6 nitrogen and oxygen atoms in total. The van der Waals surface area contributed by atoms with Gasteiger partial charge in [0.05, 0.1) is 5.69 Å². The molecule has 0 aliphatic heterocycles. The second kappa shape index (κ2) is 9.68. The maximum atomic E-state index is 13.4. The van der Waals surface area contributed by atoms with Gasteiger partial charge in [0.1, 0.15) is 0 Å².